The van der Waals surface area contributed by atoms with Crippen LogP contribution < -0.4 is 4.90 Å². The summed E-state index contributed by atoms with van der Waals surface area (Å²) < 4.78 is 5.51. The maximum atomic E-state index is 13.6. The van der Waals surface area contributed by atoms with E-state index in [0.717, 1.165) is 23.2 Å². The predicted octanol–water partition coefficient (Wildman–Crippen LogP) is 5.02. The molecule has 0 N–H and O–H groups in total. The molecule has 1 aliphatic rings. The number of hydrogen-bond donors (Lipinski definition) is 0. The molecule has 1 heterocycles. The lowest BCUT2D eigenvalue weighted by molar-refractivity contribution is -0.122. The summed E-state index contributed by atoms with van der Waals surface area (Å²) in [5, 5.41) is 0. The minimum Gasteiger partial charge on any atom is -0.445 e. The normalized spacial score (nSPS) is 15.5. The zero-order chi connectivity index (χ0) is 21.5. The third-order valence-corrected chi connectivity index (χ3v) is 5.49. The van der Waals surface area contributed by atoms with E-state index in [-0.39, 0.29) is 12.5 Å². The molecule has 0 aromatic heterocycles. The van der Waals surface area contributed by atoms with E-state index >= 15 is 0 Å². The molecule has 0 saturated carbocycles. The Morgan fingerprint density at radius 2 is 1.42 bits per heavy atom. The van der Waals surface area contributed by atoms with Gasteiger partial charge in [0.05, 0.1) is 6.54 Å². The Bertz CT molecular complexity index is 993. The first-order valence-corrected chi connectivity index (χ1v) is 10.6. The van der Waals surface area contributed by atoms with Crippen LogP contribution >= 0.6 is 0 Å². The highest BCUT2D eigenvalue weighted by Gasteiger charge is 2.38. The van der Waals surface area contributed by atoms with E-state index in [2.05, 4.69) is 0 Å². The van der Waals surface area contributed by atoms with Gasteiger partial charge in [0.1, 0.15) is 12.6 Å². The summed E-state index contributed by atoms with van der Waals surface area (Å²) in [6.07, 6.45) is 0.981. The second-order valence-corrected chi connectivity index (χ2v) is 7.64. The summed E-state index contributed by atoms with van der Waals surface area (Å²) in [5.41, 5.74) is 2.78. The summed E-state index contributed by atoms with van der Waals surface area (Å²) in [6, 6.07) is 28.6. The van der Waals surface area contributed by atoms with Crippen molar-refractivity contribution in [3.63, 3.8) is 0 Å². The number of carbonyl (C=O) groups excluding carboxylic acids is 2. The molecule has 5 nitrogen and oxygen atoms in total. The molecule has 158 valence electrons. The lowest BCUT2D eigenvalue weighted by atomic mass is 10.1. The molecule has 4 rings (SSSR count). The van der Waals surface area contributed by atoms with Gasteiger partial charge < -0.3 is 9.64 Å². The average molecular weight is 415 g/mol. The van der Waals surface area contributed by atoms with Crippen molar-refractivity contribution in [1.82, 2.24) is 4.90 Å². The summed E-state index contributed by atoms with van der Waals surface area (Å²) in [4.78, 5) is 29.7. The molecule has 1 fully saturated rings. The monoisotopic (exact) mass is 414 g/mol. The second kappa shape index (κ2) is 9.94. The summed E-state index contributed by atoms with van der Waals surface area (Å²) in [7, 11) is 0. The topological polar surface area (TPSA) is 49.9 Å². The van der Waals surface area contributed by atoms with Crippen molar-refractivity contribution >= 4 is 17.7 Å². The molecule has 0 radical (unpaired) electrons. The van der Waals surface area contributed by atoms with Crippen molar-refractivity contribution in [3.05, 3.63) is 102 Å². The Kier molecular flexibility index (Phi) is 6.62. The number of amides is 2. The van der Waals surface area contributed by atoms with Crippen LogP contribution in [0.25, 0.3) is 0 Å². The molecule has 1 unspecified atom stereocenters. The van der Waals surface area contributed by atoms with Crippen molar-refractivity contribution in [2.75, 3.05) is 11.4 Å². The highest BCUT2D eigenvalue weighted by Crippen LogP contribution is 2.25. The van der Waals surface area contributed by atoms with Gasteiger partial charge in [-0.05, 0) is 36.1 Å². The standard InChI is InChI=1S/C26H26N2O3/c29-25(28(23-15-8-3-9-16-23)19-21-11-4-1-5-12-21)24-17-10-18-27(24)26(30)31-20-22-13-6-2-7-14-22/h1-9,11-16,24H,10,17-20H2. The van der Waals surface area contributed by atoms with Gasteiger partial charge in [-0.2, -0.15) is 0 Å². The number of para-hydroxylation sites is 1. The largest absolute Gasteiger partial charge is 0.445 e. The summed E-state index contributed by atoms with van der Waals surface area (Å²) in [5.74, 6) is -0.0794. The van der Waals surface area contributed by atoms with Crippen LogP contribution in [0.4, 0.5) is 10.5 Å². The van der Waals surface area contributed by atoms with Crippen LogP contribution in [-0.4, -0.2) is 29.5 Å². The molecule has 5 heteroatoms. The van der Waals surface area contributed by atoms with Crippen LogP contribution in [0.3, 0.4) is 0 Å². The lowest BCUT2D eigenvalue weighted by Crippen LogP contribution is -2.48. The van der Waals surface area contributed by atoms with Crippen molar-refractivity contribution < 1.29 is 14.3 Å². The Hall–Kier alpha value is -3.60. The molecule has 31 heavy (non-hydrogen) atoms. The minimum absolute atomic E-state index is 0.0794. The van der Waals surface area contributed by atoms with E-state index < -0.39 is 12.1 Å². The zero-order valence-corrected chi connectivity index (χ0v) is 17.4. The van der Waals surface area contributed by atoms with Gasteiger partial charge in [-0.15, -0.1) is 0 Å². The number of anilines is 1. The molecular weight excluding hydrogens is 388 g/mol. The van der Waals surface area contributed by atoms with E-state index in [1.54, 1.807) is 9.80 Å². The molecule has 0 aliphatic carbocycles. The van der Waals surface area contributed by atoms with E-state index in [0.29, 0.717) is 19.5 Å². The zero-order valence-electron chi connectivity index (χ0n) is 17.4. The fraction of sp³-hybridized carbons (Fsp3) is 0.231. The first kappa shape index (κ1) is 20.7. The number of benzene rings is 3. The number of likely N-dealkylation sites (tertiary alicyclic amines) is 1. The van der Waals surface area contributed by atoms with Gasteiger partial charge >= 0.3 is 6.09 Å². The average Bonchev–Trinajstić information content (AvgIpc) is 3.33. The number of ether oxygens (including phenoxy) is 1. The Balaban J connectivity index is 1.50. The SMILES string of the molecule is O=C(C1CCCN1C(=O)OCc1ccccc1)N(Cc1ccccc1)c1ccccc1. The molecule has 1 atom stereocenters. The Morgan fingerprint density at radius 1 is 0.839 bits per heavy atom. The number of rotatable bonds is 6. The van der Waals surface area contributed by atoms with Crippen LogP contribution in [-0.2, 0) is 22.7 Å². The van der Waals surface area contributed by atoms with Gasteiger partial charge in [0.25, 0.3) is 0 Å². The van der Waals surface area contributed by atoms with Gasteiger partial charge in [0.15, 0.2) is 0 Å². The second-order valence-electron chi connectivity index (χ2n) is 7.64. The number of hydrogen-bond acceptors (Lipinski definition) is 3. The molecule has 1 saturated heterocycles. The highest BCUT2D eigenvalue weighted by atomic mass is 16.6. The Morgan fingerprint density at radius 3 is 2.06 bits per heavy atom. The van der Waals surface area contributed by atoms with E-state index in [4.69, 9.17) is 4.74 Å². The maximum Gasteiger partial charge on any atom is 0.410 e. The van der Waals surface area contributed by atoms with Crippen molar-refractivity contribution in [2.24, 2.45) is 0 Å². The summed E-state index contributed by atoms with van der Waals surface area (Å²) >= 11 is 0. The molecule has 2 amide bonds. The van der Waals surface area contributed by atoms with Crippen LogP contribution in [0, 0.1) is 0 Å². The van der Waals surface area contributed by atoms with Crippen molar-refractivity contribution in [3.8, 4) is 0 Å². The maximum absolute atomic E-state index is 13.6. The van der Waals surface area contributed by atoms with E-state index in [1.165, 1.54) is 0 Å². The third kappa shape index (κ3) is 5.12. The van der Waals surface area contributed by atoms with Crippen molar-refractivity contribution in [1.29, 1.82) is 0 Å². The van der Waals surface area contributed by atoms with E-state index in [9.17, 15) is 9.59 Å². The first-order valence-electron chi connectivity index (χ1n) is 10.6. The van der Waals surface area contributed by atoms with Gasteiger partial charge in [-0.3, -0.25) is 9.69 Å². The van der Waals surface area contributed by atoms with Gasteiger partial charge in [0.2, 0.25) is 5.91 Å². The molecule has 3 aromatic carbocycles. The van der Waals surface area contributed by atoms with E-state index in [1.807, 2.05) is 91.0 Å². The highest BCUT2D eigenvalue weighted by molar-refractivity contribution is 5.98. The van der Waals surface area contributed by atoms with Gasteiger partial charge in [0, 0.05) is 12.2 Å². The first-order chi connectivity index (χ1) is 15.2. The van der Waals surface area contributed by atoms with Crippen LogP contribution in [0.5, 0.6) is 0 Å². The molecular formula is C26H26N2O3. The fourth-order valence-electron chi connectivity index (χ4n) is 3.89. The molecule has 1 aliphatic heterocycles. The number of nitrogens with zero attached hydrogens (tertiary/aromatic N) is 2. The molecule has 3 aromatic rings. The fourth-order valence-corrected chi connectivity index (χ4v) is 3.89. The quantitative estimate of drug-likeness (QED) is 0.569. The minimum atomic E-state index is -0.521. The smallest absolute Gasteiger partial charge is 0.410 e. The molecule has 0 spiro atoms. The van der Waals surface area contributed by atoms with Crippen LogP contribution in [0.2, 0.25) is 0 Å². The summed E-state index contributed by atoms with van der Waals surface area (Å²) in [6.45, 7) is 1.18. The van der Waals surface area contributed by atoms with Crippen molar-refractivity contribution in [2.45, 2.75) is 32.0 Å². The van der Waals surface area contributed by atoms with Gasteiger partial charge in [-0.25, -0.2) is 4.79 Å². The van der Waals surface area contributed by atoms with Crippen LogP contribution in [0.15, 0.2) is 91.0 Å². The van der Waals surface area contributed by atoms with Gasteiger partial charge in [-0.1, -0.05) is 78.9 Å². The third-order valence-electron chi connectivity index (χ3n) is 5.49. The van der Waals surface area contributed by atoms with Crippen LogP contribution in [0.1, 0.15) is 24.0 Å². The lowest BCUT2D eigenvalue weighted by Gasteiger charge is -2.30. The predicted molar refractivity (Wildman–Crippen MR) is 120 cm³/mol. The molecule has 0 bridgehead atoms. The number of carbonyl (C=O) groups is 2. The Labute approximate surface area is 182 Å².